The Morgan fingerprint density at radius 2 is 1.45 bits per heavy atom. The lowest BCUT2D eigenvalue weighted by atomic mass is 9.67. The van der Waals surface area contributed by atoms with Crippen LogP contribution in [0.4, 0.5) is 8.78 Å². The summed E-state index contributed by atoms with van der Waals surface area (Å²) < 4.78 is 46.1. The summed E-state index contributed by atoms with van der Waals surface area (Å²) in [7, 11) is 0. The lowest BCUT2D eigenvalue weighted by Crippen LogP contribution is -2.38. The fraction of sp³-hybridized carbons (Fsp3) is 0.714. The number of hydrogen-bond donors (Lipinski definition) is 0. The Morgan fingerprint density at radius 1 is 0.879 bits per heavy atom. The molecule has 0 amide bonds. The van der Waals surface area contributed by atoms with Crippen molar-refractivity contribution in [2.75, 3.05) is 19.8 Å². The molecular formula is C28H40F2O3. The molecule has 3 aliphatic rings. The summed E-state index contributed by atoms with van der Waals surface area (Å²) in [6.07, 6.45) is 12.9. The second-order valence-electron chi connectivity index (χ2n) is 10.2. The van der Waals surface area contributed by atoms with E-state index >= 15 is 0 Å². The van der Waals surface area contributed by atoms with E-state index in [2.05, 4.69) is 6.58 Å². The average molecular weight is 463 g/mol. The van der Waals surface area contributed by atoms with E-state index in [1.54, 1.807) is 19.1 Å². The molecule has 1 aromatic rings. The van der Waals surface area contributed by atoms with Crippen molar-refractivity contribution < 1.29 is 23.0 Å². The van der Waals surface area contributed by atoms with Gasteiger partial charge in [-0.2, -0.15) is 4.39 Å². The molecule has 3 fully saturated rings. The van der Waals surface area contributed by atoms with Gasteiger partial charge in [-0.25, -0.2) is 4.39 Å². The Hall–Kier alpha value is -1.46. The first-order valence-electron chi connectivity index (χ1n) is 13.0. The van der Waals surface area contributed by atoms with Crippen LogP contribution in [-0.4, -0.2) is 26.1 Å². The van der Waals surface area contributed by atoms with Gasteiger partial charge in [-0.15, -0.1) is 6.58 Å². The van der Waals surface area contributed by atoms with Crippen molar-refractivity contribution in [1.82, 2.24) is 0 Å². The van der Waals surface area contributed by atoms with Gasteiger partial charge in [0.05, 0.1) is 19.8 Å². The lowest BCUT2D eigenvalue weighted by molar-refractivity contribution is -0.212. The maximum atomic E-state index is 14.6. The van der Waals surface area contributed by atoms with Gasteiger partial charge in [0, 0.05) is 12.3 Å². The quantitative estimate of drug-likeness (QED) is 0.377. The Labute approximate surface area is 197 Å². The molecule has 0 spiro atoms. The van der Waals surface area contributed by atoms with Crippen LogP contribution in [0.15, 0.2) is 24.8 Å². The first kappa shape index (κ1) is 24.7. The average Bonchev–Trinajstić information content (AvgIpc) is 2.86. The lowest BCUT2D eigenvalue weighted by Gasteiger charge is -2.41. The number of halogens is 2. The van der Waals surface area contributed by atoms with E-state index in [4.69, 9.17) is 14.2 Å². The third-order valence-corrected chi connectivity index (χ3v) is 8.34. The monoisotopic (exact) mass is 462 g/mol. The molecule has 184 valence electrons. The molecule has 33 heavy (non-hydrogen) atoms. The maximum Gasteiger partial charge on any atom is 0.200 e. The van der Waals surface area contributed by atoms with Crippen molar-refractivity contribution in [2.24, 2.45) is 23.7 Å². The van der Waals surface area contributed by atoms with Crippen LogP contribution in [0.25, 0.3) is 0 Å². The second-order valence-corrected chi connectivity index (χ2v) is 10.2. The zero-order chi connectivity index (χ0) is 23.2. The molecule has 3 nitrogen and oxygen atoms in total. The minimum Gasteiger partial charge on any atom is -0.491 e. The zero-order valence-electron chi connectivity index (χ0n) is 20.1. The van der Waals surface area contributed by atoms with Gasteiger partial charge in [-0.05, 0) is 100 Å². The van der Waals surface area contributed by atoms with E-state index < -0.39 is 11.6 Å². The van der Waals surface area contributed by atoms with Crippen molar-refractivity contribution in [3.05, 3.63) is 42.0 Å². The molecule has 1 aliphatic heterocycles. The molecule has 0 N–H and O–H groups in total. The zero-order valence-corrected chi connectivity index (χ0v) is 20.1. The van der Waals surface area contributed by atoms with Gasteiger partial charge in [0.25, 0.3) is 0 Å². The first-order valence-corrected chi connectivity index (χ1v) is 13.0. The van der Waals surface area contributed by atoms with Crippen LogP contribution >= 0.6 is 0 Å². The predicted octanol–water partition coefficient (Wildman–Crippen LogP) is 7.40. The van der Waals surface area contributed by atoms with E-state index in [1.807, 2.05) is 6.08 Å². The summed E-state index contributed by atoms with van der Waals surface area (Å²) in [6.45, 7) is 7.53. The fourth-order valence-corrected chi connectivity index (χ4v) is 6.37. The van der Waals surface area contributed by atoms with E-state index in [0.29, 0.717) is 24.0 Å². The highest BCUT2D eigenvalue weighted by molar-refractivity contribution is 5.33. The number of benzene rings is 1. The minimum atomic E-state index is -0.836. The number of allylic oxidation sites excluding steroid dienone is 1. The molecule has 0 aromatic heterocycles. The van der Waals surface area contributed by atoms with Crippen LogP contribution in [0.2, 0.25) is 0 Å². The topological polar surface area (TPSA) is 27.7 Å². The molecule has 2 saturated carbocycles. The SMILES string of the molecule is C=CCCC1OCC(C2CCC(C3CCC(c4ccc(OCC)c(F)c4F)CC3)CC2)CO1. The molecular weight excluding hydrogens is 422 g/mol. The van der Waals surface area contributed by atoms with E-state index in [-0.39, 0.29) is 18.0 Å². The standard InChI is InChI=1S/C28H40F2O3/c1-3-5-6-26-32-17-23(18-33-26)21-9-7-19(8-10-21)20-11-13-22(14-12-20)24-15-16-25(31-4-2)28(30)27(24)29/h3,15-16,19-23,26H,1,4-14,17-18H2,2H3. The molecule has 0 atom stereocenters. The van der Waals surface area contributed by atoms with Gasteiger partial charge in [0.1, 0.15) is 0 Å². The Bertz CT molecular complexity index is 759. The summed E-state index contributed by atoms with van der Waals surface area (Å²) >= 11 is 0. The number of ether oxygens (including phenoxy) is 3. The molecule has 1 aromatic carbocycles. The van der Waals surface area contributed by atoms with Gasteiger partial charge >= 0.3 is 0 Å². The van der Waals surface area contributed by atoms with Crippen molar-refractivity contribution in [2.45, 2.75) is 83.3 Å². The van der Waals surface area contributed by atoms with Gasteiger partial charge in [0.2, 0.25) is 5.82 Å². The minimum absolute atomic E-state index is 0.0187. The Morgan fingerprint density at radius 3 is 2.03 bits per heavy atom. The highest BCUT2D eigenvalue weighted by atomic mass is 19.2. The molecule has 1 heterocycles. The number of rotatable bonds is 8. The highest BCUT2D eigenvalue weighted by Gasteiger charge is 2.36. The van der Waals surface area contributed by atoms with Crippen LogP contribution in [0.1, 0.15) is 82.6 Å². The highest BCUT2D eigenvalue weighted by Crippen LogP contribution is 2.46. The van der Waals surface area contributed by atoms with Gasteiger partial charge in [-0.1, -0.05) is 12.1 Å². The Kier molecular flexibility index (Phi) is 8.81. The van der Waals surface area contributed by atoms with Crippen molar-refractivity contribution in [3.63, 3.8) is 0 Å². The predicted molar refractivity (Wildman–Crippen MR) is 126 cm³/mol. The molecule has 0 bridgehead atoms. The van der Waals surface area contributed by atoms with Crippen LogP contribution in [0, 0.1) is 35.3 Å². The van der Waals surface area contributed by atoms with Crippen molar-refractivity contribution in [3.8, 4) is 5.75 Å². The first-order chi connectivity index (χ1) is 16.1. The Balaban J connectivity index is 1.22. The molecule has 2 aliphatic carbocycles. The van der Waals surface area contributed by atoms with Crippen molar-refractivity contribution >= 4 is 0 Å². The second kappa shape index (κ2) is 11.8. The molecule has 4 rings (SSSR count). The van der Waals surface area contributed by atoms with Crippen LogP contribution in [-0.2, 0) is 9.47 Å². The largest absolute Gasteiger partial charge is 0.491 e. The van der Waals surface area contributed by atoms with Crippen LogP contribution in [0.5, 0.6) is 5.75 Å². The maximum absolute atomic E-state index is 14.6. The normalized spacial score (nSPS) is 32.9. The van der Waals surface area contributed by atoms with E-state index in [0.717, 1.165) is 63.6 Å². The van der Waals surface area contributed by atoms with Gasteiger partial charge in [0.15, 0.2) is 17.9 Å². The summed E-state index contributed by atoms with van der Waals surface area (Å²) in [4.78, 5) is 0. The summed E-state index contributed by atoms with van der Waals surface area (Å²) in [5.74, 6) is 1.32. The van der Waals surface area contributed by atoms with Crippen LogP contribution in [0.3, 0.4) is 0 Å². The van der Waals surface area contributed by atoms with E-state index in [1.165, 1.54) is 25.7 Å². The molecule has 5 heteroatoms. The summed E-state index contributed by atoms with van der Waals surface area (Å²) in [5, 5.41) is 0. The summed E-state index contributed by atoms with van der Waals surface area (Å²) in [6, 6.07) is 3.32. The third kappa shape index (κ3) is 5.97. The molecule has 0 unspecified atom stereocenters. The van der Waals surface area contributed by atoms with Gasteiger partial charge < -0.3 is 14.2 Å². The molecule has 1 saturated heterocycles. The van der Waals surface area contributed by atoms with Crippen LogP contribution < -0.4 is 4.74 Å². The van der Waals surface area contributed by atoms with Gasteiger partial charge in [-0.3, -0.25) is 0 Å². The molecule has 0 radical (unpaired) electrons. The van der Waals surface area contributed by atoms with E-state index in [9.17, 15) is 8.78 Å². The van der Waals surface area contributed by atoms with Crippen molar-refractivity contribution in [1.29, 1.82) is 0 Å². The smallest absolute Gasteiger partial charge is 0.200 e. The fourth-order valence-electron chi connectivity index (χ4n) is 6.37. The third-order valence-electron chi connectivity index (χ3n) is 8.34. The summed E-state index contributed by atoms with van der Waals surface area (Å²) in [5.41, 5.74) is 0.529. The number of hydrogen-bond acceptors (Lipinski definition) is 3.